The van der Waals surface area contributed by atoms with Crippen molar-refractivity contribution in [1.82, 2.24) is 4.90 Å². The van der Waals surface area contributed by atoms with Gasteiger partial charge in [0.05, 0.1) is 4.92 Å². The molecule has 1 unspecified atom stereocenters. The quantitative estimate of drug-likeness (QED) is 0.615. The van der Waals surface area contributed by atoms with Gasteiger partial charge in [-0.2, -0.15) is 0 Å². The second kappa shape index (κ2) is 7.97. The first kappa shape index (κ1) is 18.7. The fraction of sp³-hybridized carbons (Fsp3) is 0.400. The van der Waals surface area contributed by atoms with Crippen LogP contribution in [0.4, 0.5) is 10.5 Å². The molecule has 2 N–H and O–H groups in total. The van der Waals surface area contributed by atoms with Gasteiger partial charge < -0.3 is 10.5 Å². The molecule has 10 heteroatoms. The van der Waals surface area contributed by atoms with Crippen molar-refractivity contribution in [2.75, 3.05) is 6.54 Å². The maximum atomic E-state index is 12.2. The SMILES string of the molecule is CC(=O)SC1C[C@@H](C(N)=O)N(C(=O)OCc2ccc([N+](=O)[O-])cc2)C1. The monoisotopic (exact) mass is 367 g/mol. The maximum absolute atomic E-state index is 12.2. The zero-order valence-electron chi connectivity index (χ0n) is 13.4. The smallest absolute Gasteiger partial charge is 0.410 e. The van der Waals surface area contributed by atoms with Crippen molar-refractivity contribution in [2.24, 2.45) is 5.73 Å². The second-order valence-electron chi connectivity index (χ2n) is 5.52. The van der Waals surface area contributed by atoms with Gasteiger partial charge in [0, 0.05) is 30.9 Å². The Morgan fingerprint density at radius 1 is 1.36 bits per heavy atom. The van der Waals surface area contributed by atoms with Crippen LogP contribution in [0.25, 0.3) is 0 Å². The Hall–Kier alpha value is -2.62. The average Bonchev–Trinajstić information content (AvgIpc) is 2.96. The van der Waals surface area contributed by atoms with Crippen LogP contribution < -0.4 is 5.73 Å². The van der Waals surface area contributed by atoms with Crippen molar-refractivity contribution >= 4 is 34.6 Å². The molecule has 0 aliphatic carbocycles. The van der Waals surface area contributed by atoms with Crippen LogP contribution in [0.5, 0.6) is 0 Å². The first-order chi connectivity index (χ1) is 11.8. The van der Waals surface area contributed by atoms with E-state index in [-0.39, 0.29) is 29.2 Å². The molecule has 9 nitrogen and oxygen atoms in total. The van der Waals surface area contributed by atoms with Crippen molar-refractivity contribution in [3.05, 3.63) is 39.9 Å². The molecule has 1 fully saturated rings. The summed E-state index contributed by atoms with van der Waals surface area (Å²) in [5, 5.41) is 10.3. The molecule has 1 aromatic carbocycles. The van der Waals surface area contributed by atoms with Crippen LogP contribution in [0.1, 0.15) is 18.9 Å². The number of ether oxygens (including phenoxy) is 1. The van der Waals surface area contributed by atoms with E-state index in [0.29, 0.717) is 12.0 Å². The molecule has 1 saturated heterocycles. The van der Waals surface area contributed by atoms with Crippen LogP contribution in [0.3, 0.4) is 0 Å². The minimum absolute atomic E-state index is 0.0625. The van der Waals surface area contributed by atoms with E-state index in [4.69, 9.17) is 10.5 Å². The van der Waals surface area contributed by atoms with Crippen molar-refractivity contribution in [3.63, 3.8) is 0 Å². The summed E-state index contributed by atoms with van der Waals surface area (Å²) in [6.07, 6.45) is -0.416. The largest absolute Gasteiger partial charge is 0.445 e. The summed E-state index contributed by atoms with van der Waals surface area (Å²) in [5.41, 5.74) is 5.83. The number of carbonyl (C=O) groups is 3. The first-order valence-corrected chi connectivity index (χ1v) is 8.29. The number of thioether (sulfide) groups is 1. The Labute approximate surface area is 147 Å². The number of likely N-dealkylation sites (tertiary alicyclic amines) is 1. The van der Waals surface area contributed by atoms with E-state index in [9.17, 15) is 24.5 Å². The summed E-state index contributed by atoms with van der Waals surface area (Å²) in [6, 6.07) is 4.77. The van der Waals surface area contributed by atoms with Gasteiger partial charge in [0.15, 0.2) is 5.12 Å². The van der Waals surface area contributed by atoms with E-state index >= 15 is 0 Å². The summed E-state index contributed by atoms with van der Waals surface area (Å²) in [4.78, 5) is 46.3. The van der Waals surface area contributed by atoms with E-state index in [1.165, 1.54) is 36.1 Å². The highest BCUT2D eigenvalue weighted by Crippen LogP contribution is 2.28. The average molecular weight is 367 g/mol. The minimum atomic E-state index is -0.818. The predicted molar refractivity (Wildman–Crippen MR) is 89.6 cm³/mol. The molecule has 1 aliphatic rings. The fourth-order valence-electron chi connectivity index (χ4n) is 2.53. The molecule has 25 heavy (non-hydrogen) atoms. The Morgan fingerprint density at radius 3 is 2.52 bits per heavy atom. The minimum Gasteiger partial charge on any atom is -0.445 e. The van der Waals surface area contributed by atoms with Crippen LogP contribution >= 0.6 is 11.8 Å². The fourth-order valence-corrected chi connectivity index (χ4v) is 3.51. The number of nitro groups is 1. The lowest BCUT2D eigenvalue weighted by atomic mass is 10.2. The molecule has 1 aromatic rings. The molecule has 1 heterocycles. The molecule has 134 valence electrons. The van der Waals surface area contributed by atoms with E-state index in [1.54, 1.807) is 0 Å². The first-order valence-electron chi connectivity index (χ1n) is 7.41. The third-order valence-electron chi connectivity index (χ3n) is 3.67. The van der Waals surface area contributed by atoms with Gasteiger partial charge in [-0.25, -0.2) is 4.79 Å². The standard InChI is InChI=1S/C15H17N3O6S/c1-9(19)25-12-6-13(14(16)20)17(7-12)15(21)24-8-10-2-4-11(5-3-10)18(22)23/h2-5,12-13H,6-8H2,1H3,(H2,16,20)/t12?,13-/m0/s1. The van der Waals surface area contributed by atoms with Gasteiger partial charge in [0.1, 0.15) is 12.6 Å². The third-order valence-corrected chi connectivity index (χ3v) is 4.67. The van der Waals surface area contributed by atoms with Gasteiger partial charge in [-0.3, -0.25) is 24.6 Å². The number of rotatable bonds is 5. The number of amides is 2. The van der Waals surface area contributed by atoms with E-state index < -0.39 is 23.0 Å². The number of primary amides is 1. The zero-order valence-corrected chi connectivity index (χ0v) is 14.2. The van der Waals surface area contributed by atoms with E-state index in [1.807, 2.05) is 0 Å². The van der Waals surface area contributed by atoms with Crippen molar-refractivity contribution in [3.8, 4) is 0 Å². The van der Waals surface area contributed by atoms with Crippen molar-refractivity contribution in [1.29, 1.82) is 0 Å². The number of nitro benzene ring substituents is 1. The molecular weight excluding hydrogens is 350 g/mol. The molecule has 0 saturated carbocycles. The number of benzene rings is 1. The number of non-ortho nitro benzene ring substituents is 1. The summed E-state index contributed by atoms with van der Waals surface area (Å²) >= 11 is 1.06. The number of hydrogen-bond acceptors (Lipinski definition) is 7. The molecule has 2 amide bonds. The van der Waals surface area contributed by atoms with Gasteiger partial charge in [-0.15, -0.1) is 0 Å². The normalized spacial score (nSPS) is 19.5. The molecule has 2 rings (SSSR count). The molecule has 0 radical (unpaired) electrons. The molecule has 0 bridgehead atoms. The van der Waals surface area contributed by atoms with E-state index in [2.05, 4.69) is 0 Å². The van der Waals surface area contributed by atoms with Gasteiger partial charge in [-0.1, -0.05) is 11.8 Å². The summed E-state index contributed by atoms with van der Waals surface area (Å²) in [7, 11) is 0. The maximum Gasteiger partial charge on any atom is 0.410 e. The highest BCUT2D eigenvalue weighted by atomic mass is 32.2. The molecule has 2 atom stereocenters. The highest BCUT2D eigenvalue weighted by Gasteiger charge is 2.40. The Morgan fingerprint density at radius 2 is 2.00 bits per heavy atom. The van der Waals surface area contributed by atoms with Gasteiger partial charge >= 0.3 is 6.09 Å². The summed E-state index contributed by atoms with van der Waals surface area (Å²) < 4.78 is 5.16. The molecule has 0 aromatic heterocycles. The van der Waals surface area contributed by atoms with Gasteiger partial charge in [0.2, 0.25) is 5.91 Å². The Kier molecular flexibility index (Phi) is 5.97. The van der Waals surface area contributed by atoms with Crippen LogP contribution in [0.15, 0.2) is 24.3 Å². The third kappa shape index (κ3) is 4.92. The predicted octanol–water partition coefficient (Wildman–Crippen LogP) is 1.44. The molecular formula is C15H17N3O6S. The van der Waals surface area contributed by atoms with Crippen LogP contribution in [0.2, 0.25) is 0 Å². The van der Waals surface area contributed by atoms with E-state index in [0.717, 1.165) is 11.8 Å². The Bertz CT molecular complexity index is 693. The number of nitrogens with zero attached hydrogens (tertiary/aromatic N) is 2. The van der Waals surface area contributed by atoms with Gasteiger partial charge in [0.25, 0.3) is 5.69 Å². The number of carbonyl (C=O) groups excluding carboxylic acids is 3. The number of hydrogen-bond donors (Lipinski definition) is 1. The topological polar surface area (TPSA) is 133 Å². The summed E-state index contributed by atoms with van der Waals surface area (Å²) in [5.74, 6) is -0.654. The highest BCUT2D eigenvalue weighted by molar-refractivity contribution is 8.14. The summed E-state index contributed by atoms with van der Waals surface area (Å²) in [6.45, 7) is 1.51. The Balaban J connectivity index is 1.97. The lowest BCUT2D eigenvalue weighted by molar-refractivity contribution is -0.384. The van der Waals surface area contributed by atoms with Crippen LogP contribution in [-0.2, 0) is 20.9 Å². The van der Waals surface area contributed by atoms with Crippen LogP contribution in [0, 0.1) is 10.1 Å². The lowest BCUT2D eigenvalue weighted by Crippen LogP contribution is -2.43. The number of nitrogens with two attached hydrogens (primary N) is 1. The van der Waals surface area contributed by atoms with Crippen molar-refractivity contribution < 1.29 is 24.0 Å². The van der Waals surface area contributed by atoms with Crippen molar-refractivity contribution in [2.45, 2.75) is 31.2 Å². The second-order valence-corrected chi connectivity index (χ2v) is 6.99. The lowest BCUT2D eigenvalue weighted by Gasteiger charge is -2.21. The molecule has 0 spiro atoms. The van der Waals surface area contributed by atoms with Gasteiger partial charge in [-0.05, 0) is 24.1 Å². The zero-order chi connectivity index (χ0) is 18.6. The molecule has 1 aliphatic heterocycles. The van der Waals surface area contributed by atoms with Crippen LogP contribution in [-0.4, -0.2) is 44.8 Å².